The van der Waals surface area contributed by atoms with Crippen molar-refractivity contribution in [2.75, 3.05) is 23.7 Å². The zero-order valence-corrected chi connectivity index (χ0v) is 22.2. The van der Waals surface area contributed by atoms with Gasteiger partial charge in [-0.3, -0.25) is 9.10 Å². The summed E-state index contributed by atoms with van der Waals surface area (Å²) in [5, 5.41) is 2.93. The summed E-state index contributed by atoms with van der Waals surface area (Å²) in [6.45, 7) is 6.01. The summed E-state index contributed by atoms with van der Waals surface area (Å²) in [4.78, 5) is 14.1. The van der Waals surface area contributed by atoms with Gasteiger partial charge in [-0.05, 0) is 86.2 Å². The Balaban J connectivity index is 1.87. The molecule has 0 radical (unpaired) electrons. The summed E-state index contributed by atoms with van der Waals surface area (Å²) in [6, 6.07) is 21.1. The summed E-state index contributed by atoms with van der Waals surface area (Å²) in [6.07, 6.45) is 2.87. The Labute approximate surface area is 212 Å². The van der Waals surface area contributed by atoms with Gasteiger partial charge >= 0.3 is 0 Å². The third-order valence-corrected chi connectivity index (χ3v) is 8.17. The van der Waals surface area contributed by atoms with E-state index in [1.807, 2.05) is 44.4 Å². The standard InChI is InChI=1S/C27H32N2O4S2/c1-5-21-7-9-22(10-8-21)20(3)28-27(30)19-29(23-11-13-24(14-12-23)33-6-2)35(31,32)26-17-15-25(34-4)16-18-26/h7-18,20H,5-6,19H2,1-4H3,(H,28,30). The van der Waals surface area contributed by atoms with Crippen molar-refractivity contribution in [2.24, 2.45) is 0 Å². The first-order chi connectivity index (χ1) is 16.8. The zero-order valence-electron chi connectivity index (χ0n) is 20.5. The van der Waals surface area contributed by atoms with Crippen molar-refractivity contribution in [3.63, 3.8) is 0 Å². The zero-order chi connectivity index (χ0) is 25.4. The number of nitrogens with zero attached hydrogens (tertiary/aromatic N) is 1. The minimum absolute atomic E-state index is 0.125. The lowest BCUT2D eigenvalue weighted by molar-refractivity contribution is -0.120. The Kier molecular flexibility index (Phi) is 9.23. The van der Waals surface area contributed by atoms with Crippen molar-refractivity contribution in [1.29, 1.82) is 0 Å². The van der Waals surface area contributed by atoms with Crippen LogP contribution in [0.1, 0.15) is 37.9 Å². The number of aryl methyl sites for hydroxylation is 1. The Hall–Kier alpha value is -2.97. The fourth-order valence-electron chi connectivity index (χ4n) is 3.61. The fourth-order valence-corrected chi connectivity index (χ4v) is 5.44. The molecule has 0 aliphatic heterocycles. The third-order valence-electron chi connectivity index (χ3n) is 5.64. The van der Waals surface area contributed by atoms with Gasteiger partial charge < -0.3 is 10.1 Å². The number of amides is 1. The van der Waals surface area contributed by atoms with Gasteiger partial charge in [0, 0.05) is 4.90 Å². The van der Waals surface area contributed by atoms with Crippen LogP contribution in [0.25, 0.3) is 0 Å². The molecule has 6 nitrogen and oxygen atoms in total. The predicted octanol–water partition coefficient (Wildman–Crippen LogP) is 5.44. The van der Waals surface area contributed by atoms with Gasteiger partial charge in [0.25, 0.3) is 10.0 Å². The highest BCUT2D eigenvalue weighted by Gasteiger charge is 2.28. The van der Waals surface area contributed by atoms with Crippen LogP contribution in [-0.2, 0) is 21.2 Å². The van der Waals surface area contributed by atoms with E-state index in [0.717, 1.165) is 21.2 Å². The van der Waals surface area contributed by atoms with Crippen molar-refractivity contribution < 1.29 is 17.9 Å². The molecule has 1 unspecified atom stereocenters. The van der Waals surface area contributed by atoms with E-state index in [1.165, 1.54) is 17.3 Å². The molecule has 0 bridgehead atoms. The van der Waals surface area contributed by atoms with Gasteiger partial charge in [-0.15, -0.1) is 11.8 Å². The van der Waals surface area contributed by atoms with Crippen LogP contribution >= 0.6 is 11.8 Å². The van der Waals surface area contributed by atoms with E-state index < -0.39 is 15.9 Å². The number of anilines is 1. The summed E-state index contributed by atoms with van der Waals surface area (Å²) in [5.41, 5.74) is 2.56. The number of benzene rings is 3. The SMILES string of the molecule is CCOc1ccc(N(CC(=O)NC(C)c2ccc(CC)cc2)S(=O)(=O)c2ccc(SC)cc2)cc1. The second kappa shape index (κ2) is 12.1. The molecule has 3 aromatic rings. The van der Waals surface area contributed by atoms with E-state index in [9.17, 15) is 13.2 Å². The van der Waals surface area contributed by atoms with Gasteiger partial charge in [-0.1, -0.05) is 31.2 Å². The van der Waals surface area contributed by atoms with Crippen molar-refractivity contribution in [2.45, 2.75) is 43.0 Å². The number of hydrogen-bond acceptors (Lipinski definition) is 5. The number of carbonyl (C=O) groups excluding carboxylic acids is 1. The normalized spacial score (nSPS) is 12.1. The number of carbonyl (C=O) groups is 1. The Morgan fingerprint density at radius 3 is 2.14 bits per heavy atom. The fraction of sp³-hybridized carbons (Fsp3) is 0.296. The van der Waals surface area contributed by atoms with E-state index in [4.69, 9.17) is 4.74 Å². The molecule has 0 aromatic heterocycles. The molecule has 1 amide bonds. The quantitative estimate of drug-likeness (QED) is 0.346. The summed E-state index contributed by atoms with van der Waals surface area (Å²) < 4.78 is 33.8. The topological polar surface area (TPSA) is 75.7 Å². The van der Waals surface area contributed by atoms with Gasteiger partial charge in [-0.25, -0.2) is 8.42 Å². The molecule has 186 valence electrons. The van der Waals surface area contributed by atoms with Crippen molar-refractivity contribution in [3.05, 3.63) is 83.9 Å². The van der Waals surface area contributed by atoms with Crippen LogP contribution in [0.15, 0.2) is 82.6 Å². The maximum Gasteiger partial charge on any atom is 0.264 e. The maximum absolute atomic E-state index is 13.6. The number of ether oxygens (including phenoxy) is 1. The molecular formula is C27H32N2O4S2. The molecular weight excluding hydrogens is 480 g/mol. The Morgan fingerprint density at radius 2 is 1.60 bits per heavy atom. The van der Waals surface area contributed by atoms with Crippen LogP contribution in [-0.4, -0.2) is 33.7 Å². The van der Waals surface area contributed by atoms with E-state index in [1.54, 1.807) is 48.5 Å². The van der Waals surface area contributed by atoms with Crippen LogP contribution in [0, 0.1) is 0 Å². The summed E-state index contributed by atoms with van der Waals surface area (Å²) in [7, 11) is -3.99. The van der Waals surface area contributed by atoms with Crippen LogP contribution in [0.4, 0.5) is 5.69 Å². The lowest BCUT2D eigenvalue weighted by atomic mass is 10.1. The molecule has 0 aliphatic carbocycles. The number of sulfonamides is 1. The van der Waals surface area contributed by atoms with E-state index in [-0.39, 0.29) is 17.5 Å². The highest BCUT2D eigenvalue weighted by Crippen LogP contribution is 2.27. The third kappa shape index (κ3) is 6.80. The molecule has 0 spiro atoms. The highest BCUT2D eigenvalue weighted by molar-refractivity contribution is 7.98. The Morgan fingerprint density at radius 1 is 0.971 bits per heavy atom. The largest absolute Gasteiger partial charge is 0.494 e. The van der Waals surface area contributed by atoms with Crippen LogP contribution in [0.5, 0.6) is 5.75 Å². The lowest BCUT2D eigenvalue weighted by Crippen LogP contribution is -2.41. The minimum atomic E-state index is -3.99. The molecule has 0 fully saturated rings. The van der Waals surface area contributed by atoms with Crippen molar-refractivity contribution in [1.82, 2.24) is 5.32 Å². The van der Waals surface area contributed by atoms with E-state index in [0.29, 0.717) is 18.0 Å². The lowest BCUT2D eigenvalue weighted by Gasteiger charge is -2.25. The van der Waals surface area contributed by atoms with Crippen LogP contribution < -0.4 is 14.4 Å². The molecule has 0 saturated heterocycles. The van der Waals surface area contributed by atoms with Gasteiger partial charge in [0.2, 0.25) is 5.91 Å². The van der Waals surface area contributed by atoms with Crippen LogP contribution in [0.3, 0.4) is 0 Å². The van der Waals surface area contributed by atoms with Gasteiger partial charge in [0.05, 0.1) is 23.2 Å². The molecule has 3 rings (SSSR count). The minimum Gasteiger partial charge on any atom is -0.494 e. The summed E-state index contributed by atoms with van der Waals surface area (Å²) in [5.74, 6) is 0.238. The highest BCUT2D eigenvalue weighted by atomic mass is 32.2. The monoisotopic (exact) mass is 512 g/mol. The molecule has 8 heteroatoms. The molecule has 1 atom stereocenters. The van der Waals surface area contributed by atoms with E-state index >= 15 is 0 Å². The second-order valence-electron chi connectivity index (χ2n) is 8.00. The van der Waals surface area contributed by atoms with Crippen molar-refractivity contribution >= 4 is 33.4 Å². The Bertz CT molecular complexity index is 1210. The molecule has 3 aromatic carbocycles. The average Bonchev–Trinajstić information content (AvgIpc) is 2.88. The number of thioether (sulfide) groups is 1. The predicted molar refractivity (Wildman–Crippen MR) is 143 cm³/mol. The number of rotatable bonds is 11. The first-order valence-corrected chi connectivity index (χ1v) is 14.2. The maximum atomic E-state index is 13.6. The first-order valence-electron chi connectivity index (χ1n) is 11.6. The van der Waals surface area contributed by atoms with Gasteiger partial charge in [-0.2, -0.15) is 0 Å². The van der Waals surface area contributed by atoms with Gasteiger partial charge in [0.15, 0.2) is 0 Å². The average molecular weight is 513 g/mol. The first kappa shape index (κ1) is 26.6. The molecule has 35 heavy (non-hydrogen) atoms. The van der Waals surface area contributed by atoms with Crippen molar-refractivity contribution in [3.8, 4) is 5.75 Å². The van der Waals surface area contributed by atoms with E-state index in [2.05, 4.69) is 12.2 Å². The molecule has 0 heterocycles. The molecule has 0 saturated carbocycles. The number of hydrogen-bond donors (Lipinski definition) is 1. The molecule has 1 N–H and O–H groups in total. The second-order valence-corrected chi connectivity index (χ2v) is 10.7. The molecule has 0 aliphatic rings. The smallest absolute Gasteiger partial charge is 0.264 e. The van der Waals surface area contributed by atoms with Gasteiger partial charge in [0.1, 0.15) is 12.3 Å². The van der Waals surface area contributed by atoms with Crippen LogP contribution in [0.2, 0.25) is 0 Å². The summed E-state index contributed by atoms with van der Waals surface area (Å²) >= 11 is 1.53. The number of nitrogens with one attached hydrogen (secondary N) is 1.